The van der Waals surface area contributed by atoms with E-state index in [1.165, 1.54) is 0 Å². The van der Waals surface area contributed by atoms with Crippen molar-refractivity contribution < 1.29 is 8.83 Å². The van der Waals surface area contributed by atoms with Gasteiger partial charge < -0.3 is 8.83 Å². The van der Waals surface area contributed by atoms with Crippen LogP contribution < -0.4 is 5.82 Å². The van der Waals surface area contributed by atoms with Crippen molar-refractivity contribution in [2.75, 3.05) is 5.33 Å². The Morgan fingerprint density at radius 2 is 2.20 bits per heavy atom. The van der Waals surface area contributed by atoms with Crippen molar-refractivity contribution in [2.45, 2.75) is 13.3 Å². The minimum atomic E-state index is -0.617. The van der Waals surface area contributed by atoms with Crippen LogP contribution in [0.2, 0.25) is 0 Å². The zero-order chi connectivity index (χ0) is 7.56. The molecule has 3 nitrogen and oxygen atoms in total. The molecule has 56 valence electrons. The molecular formula is C6H7BrO3. The maximum Gasteiger partial charge on any atom is 0.519 e. The highest BCUT2D eigenvalue weighted by atomic mass is 79.9. The van der Waals surface area contributed by atoms with Gasteiger partial charge >= 0.3 is 5.82 Å². The number of aryl methyl sites for hydroxylation is 2. The fourth-order valence-corrected chi connectivity index (χ4v) is 1.05. The minimum Gasteiger partial charge on any atom is -0.396 e. The van der Waals surface area contributed by atoms with E-state index in [2.05, 4.69) is 20.3 Å². The van der Waals surface area contributed by atoms with E-state index in [1.54, 1.807) is 6.92 Å². The van der Waals surface area contributed by atoms with Gasteiger partial charge in [0.25, 0.3) is 0 Å². The Kier molecular flexibility index (Phi) is 2.32. The molecule has 10 heavy (non-hydrogen) atoms. The molecule has 4 heteroatoms. The summed E-state index contributed by atoms with van der Waals surface area (Å²) >= 11 is 3.23. The zero-order valence-electron chi connectivity index (χ0n) is 5.52. The van der Waals surface area contributed by atoms with E-state index in [0.29, 0.717) is 17.9 Å². The van der Waals surface area contributed by atoms with Gasteiger partial charge in [0.05, 0.1) is 0 Å². The van der Waals surface area contributed by atoms with Crippen LogP contribution in [-0.2, 0) is 6.42 Å². The molecule has 0 aliphatic heterocycles. The van der Waals surface area contributed by atoms with Gasteiger partial charge in [-0.25, -0.2) is 4.79 Å². The number of rotatable bonds is 2. The number of hydrogen-bond acceptors (Lipinski definition) is 3. The molecule has 0 atom stereocenters. The summed E-state index contributed by atoms with van der Waals surface area (Å²) in [6.07, 6.45) is 0.692. The molecule has 0 unspecified atom stereocenters. The second kappa shape index (κ2) is 3.05. The molecule has 1 heterocycles. The van der Waals surface area contributed by atoms with Crippen molar-refractivity contribution in [1.82, 2.24) is 0 Å². The van der Waals surface area contributed by atoms with Crippen molar-refractivity contribution in [3.05, 3.63) is 22.1 Å². The molecular weight excluding hydrogens is 200 g/mol. The lowest BCUT2D eigenvalue weighted by Gasteiger charge is -1.86. The van der Waals surface area contributed by atoms with Crippen LogP contribution in [0.3, 0.4) is 0 Å². The summed E-state index contributed by atoms with van der Waals surface area (Å²) in [4.78, 5) is 10.4. The average molecular weight is 207 g/mol. The summed E-state index contributed by atoms with van der Waals surface area (Å²) in [5.74, 6) is 0.583. The van der Waals surface area contributed by atoms with Crippen LogP contribution >= 0.6 is 15.9 Å². The molecule has 0 amide bonds. The Balaban J connectivity index is 2.92. The second-order valence-electron chi connectivity index (χ2n) is 1.87. The summed E-state index contributed by atoms with van der Waals surface area (Å²) in [6, 6.07) is 0. The molecule has 0 spiro atoms. The lowest BCUT2D eigenvalue weighted by molar-refractivity contribution is 0.370. The Labute approximate surface area is 66.2 Å². The van der Waals surface area contributed by atoms with Crippen LogP contribution in [0.25, 0.3) is 0 Å². The summed E-state index contributed by atoms with van der Waals surface area (Å²) in [7, 11) is 0. The largest absolute Gasteiger partial charge is 0.519 e. The van der Waals surface area contributed by atoms with Gasteiger partial charge in [0.15, 0.2) is 5.76 Å². The summed E-state index contributed by atoms with van der Waals surface area (Å²) < 4.78 is 9.33. The maximum absolute atomic E-state index is 10.4. The Hall–Kier alpha value is -0.510. The van der Waals surface area contributed by atoms with Crippen molar-refractivity contribution in [3.8, 4) is 0 Å². The first-order valence-corrected chi connectivity index (χ1v) is 4.01. The third kappa shape index (κ3) is 1.50. The van der Waals surface area contributed by atoms with E-state index in [-0.39, 0.29) is 0 Å². The van der Waals surface area contributed by atoms with Crippen molar-refractivity contribution >= 4 is 15.9 Å². The van der Waals surface area contributed by atoms with E-state index < -0.39 is 5.82 Å². The fourth-order valence-electron chi connectivity index (χ4n) is 0.688. The summed E-state index contributed by atoms with van der Waals surface area (Å²) in [6.45, 7) is 1.71. The lowest BCUT2D eigenvalue weighted by atomic mass is 10.3. The van der Waals surface area contributed by atoms with E-state index >= 15 is 0 Å². The van der Waals surface area contributed by atoms with Crippen molar-refractivity contribution in [2.24, 2.45) is 0 Å². The van der Waals surface area contributed by atoms with Crippen LogP contribution in [0.15, 0.2) is 13.6 Å². The minimum absolute atomic E-state index is 0.574. The molecule has 1 rings (SSSR count). The van der Waals surface area contributed by atoms with Crippen LogP contribution in [0.5, 0.6) is 0 Å². The van der Waals surface area contributed by atoms with Crippen LogP contribution in [0, 0.1) is 6.92 Å². The highest BCUT2D eigenvalue weighted by Gasteiger charge is 2.05. The second-order valence-corrected chi connectivity index (χ2v) is 2.67. The molecule has 0 saturated heterocycles. The highest BCUT2D eigenvalue weighted by molar-refractivity contribution is 9.09. The first-order chi connectivity index (χ1) is 4.74. The molecule has 0 aliphatic rings. The molecule has 0 bridgehead atoms. The highest BCUT2D eigenvalue weighted by Crippen LogP contribution is 2.06. The number of alkyl halides is 1. The van der Waals surface area contributed by atoms with E-state index in [4.69, 9.17) is 4.42 Å². The topological polar surface area (TPSA) is 43.4 Å². The maximum atomic E-state index is 10.4. The number of halogens is 1. The van der Waals surface area contributed by atoms with E-state index in [1.807, 2.05) is 0 Å². The summed E-state index contributed by atoms with van der Waals surface area (Å²) in [5.41, 5.74) is 0. The van der Waals surface area contributed by atoms with Gasteiger partial charge in [-0.2, -0.15) is 0 Å². The normalized spacial score (nSPS) is 10.2. The van der Waals surface area contributed by atoms with Gasteiger partial charge in [0, 0.05) is 11.8 Å². The fraction of sp³-hybridized carbons (Fsp3) is 0.500. The van der Waals surface area contributed by atoms with Gasteiger partial charge in [-0.05, 0) is 6.92 Å². The summed E-state index contributed by atoms with van der Waals surface area (Å²) in [5, 5.41) is 0.774. The van der Waals surface area contributed by atoms with Crippen molar-refractivity contribution in [1.29, 1.82) is 0 Å². The van der Waals surface area contributed by atoms with Gasteiger partial charge in [-0.15, -0.1) is 0 Å². The molecule has 0 fully saturated rings. The Morgan fingerprint density at radius 1 is 1.50 bits per heavy atom. The van der Waals surface area contributed by atoms with Crippen LogP contribution in [0.4, 0.5) is 0 Å². The third-order valence-corrected chi connectivity index (χ3v) is 1.55. The number of hydrogen-bond donors (Lipinski definition) is 0. The molecule has 1 aromatic rings. The SMILES string of the molecule is Cc1oc(=O)oc1CCBr. The molecule has 0 N–H and O–H groups in total. The lowest BCUT2D eigenvalue weighted by Crippen LogP contribution is -1.87. The first-order valence-electron chi connectivity index (χ1n) is 2.89. The Bertz CT molecular complexity index is 260. The smallest absolute Gasteiger partial charge is 0.396 e. The third-order valence-electron chi connectivity index (χ3n) is 1.16. The molecule has 0 aromatic carbocycles. The van der Waals surface area contributed by atoms with E-state index in [0.717, 1.165) is 5.33 Å². The van der Waals surface area contributed by atoms with E-state index in [9.17, 15) is 4.79 Å². The molecule has 0 saturated carbocycles. The Morgan fingerprint density at radius 3 is 2.60 bits per heavy atom. The van der Waals surface area contributed by atoms with Crippen LogP contribution in [0.1, 0.15) is 11.5 Å². The average Bonchev–Trinajstić information content (AvgIpc) is 2.13. The molecule has 0 radical (unpaired) electrons. The zero-order valence-corrected chi connectivity index (χ0v) is 7.10. The monoisotopic (exact) mass is 206 g/mol. The van der Waals surface area contributed by atoms with Gasteiger partial charge in [0.1, 0.15) is 5.76 Å². The van der Waals surface area contributed by atoms with Gasteiger partial charge in [-0.3, -0.25) is 0 Å². The first kappa shape index (κ1) is 7.60. The molecule has 1 aromatic heterocycles. The molecule has 0 aliphatic carbocycles. The predicted octanol–water partition coefficient (Wildman–Crippen LogP) is 1.48. The predicted molar refractivity (Wildman–Crippen MR) is 39.5 cm³/mol. The van der Waals surface area contributed by atoms with Crippen LogP contribution in [-0.4, -0.2) is 5.33 Å². The van der Waals surface area contributed by atoms with Gasteiger partial charge in [0.2, 0.25) is 0 Å². The quantitative estimate of drug-likeness (QED) is 0.689. The van der Waals surface area contributed by atoms with Crippen molar-refractivity contribution in [3.63, 3.8) is 0 Å². The standard InChI is InChI=1S/C6H7BrO3/c1-4-5(2-3-7)10-6(8)9-4/h2-3H2,1H3. The van der Waals surface area contributed by atoms with Gasteiger partial charge in [-0.1, -0.05) is 15.9 Å².